The average Bonchev–Trinajstić information content (AvgIpc) is 3.95. The number of ether oxygens (including phenoxy) is 2. The lowest BCUT2D eigenvalue weighted by atomic mass is 9.96. The van der Waals surface area contributed by atoms with Gasteiger partial charge >= 0.3 is 12.0 Å². The van der Waals surface area contributed by atoms with E-state index < -0.39 is 23.3 Å². The quantitative estimate of drug-likeness (QED) is 0.103. The molecule has 2 saturated carbocycles. The molecule has 0 aliphatic heterocycles. The van der Waals surface area contributed by atoms with Gasteiger partial charge in [-0.3, -0.25) is 10.7 Å². The summed E-state index contributed by atoms with van der Waals surface area (Å²) >= 11 is 6.76. The van der Waals surface area contributed by atoms with Crippen LogP contribution in [-0.4, -0.2) is 40.4 Å². The summed E-state index contributed by atoms with van der Waals surface area (Å²) in [6.07, 6.45) is 11.1. The highest BCUT2D eigenvalue weighted by Crippen LogP contribution is 2.53. The number of nitrogens with zero attached hydrogens (tertiary/aromatic N) is 1. The van der Waals surface area contributed by atoms with Crippen LogP contribution in [0.5, 0.6) is 5.75 Å². The molecule has 2 aliphatic carbocycles. The Balaban J connectivity index is 1.16. The fourth-order valence-electron chi connectivity index (χ4n) is 5.64. The standard InChI is InChI=1S/C35H43ClN4O5/c1-3-14-35(37,32(41)42)40-33(43)39-17-7-6-8-24-20-30(36)25(19-23(24)2)22-44-34(15-16-34)29-21-38-18-13-27(29)28-9-4-5-10-31(28)45-26-11-12-26/h4-5,9-10,13,18-21,26H,3,6-8,11-12,14-17,22,37H2,1-2H3,(H,41,42)(H2,39,40,43). The second-order valence-corrected chi connectivity index (χ2v) is 12.7. The van der Waals surface area contributed by atoms with Gasteiger partial charge in [-0.2, -0.15) is 0 Å². The molecule has 9 nitrogen and oxygen atoms in total. The van der Waals surface area contributed by atoms with Crippen LogP contribution in [0.3, 0.4) is 0 Å². The molecule has 45 heavy (non-hydrogen) atoms. The van der Waals surface area contributed by atoms with E-state index in [0.29, 0.717) is 30.7 Å². The minimum absolute atomic E-state index is 0.145. The van der Waals surface area contributed by atoms with Crippen LogP contribution in [0.1, 0.15) is 80.5 Å². The summed E-state index contributed by atoms with van der Waals surface area (Å²) < 4.78 is 12.9. The Labute approximate surface area is 269 Å². The SMILES string of the molecule is CCCC(N)(NC(=O)NCCCCc1cc(Cl)c(COC2(c3cnccc3-c3ccccc3OC3CC3)CC2)cc1C)C(=O)O. The molecule has 10 heteroatoms. The molecule has 1 aromatic heterocycles. The number of aromatic nitrogens is 1. The summed E-state index contributed by atoms with van der Waals surface area (Å²) in [4.78, 5) is 28.1. The number of benzene rings is 2. The van der Waals surface area contributed by atoms with Gasteiger partial charge in [-0.25, -0.2) is 9.59 Å². The number of urea groups is 1. The Hall–Kier alpha value is -3.66. The maximum absolute atomic E-state index is 12.2. The third-order valence-electron chi connectivity index (χ3n) is 8.54. The summed E-state index contributed by atoms with van der Waals surface area (Å²) in [5.41, 5.74) is 10.1. The van der Waals surface area contributed by atoms with Gasteiger partial charge in [-0.1, -0.05) is 49.2 Å². The summed E-state index contributed by atoms with van der Waals surface area (Å²) in [6.45, 7) is 4.68. The summed E-state index contributed by atoms with van der Waals surface area (Å²) in [5.74, 6) is -0.353. The van der Waals surface area contributed by atoms with Gasteiger partial charge < -0.3 is 25.2 Å². The van der Waals surface area contributed by atoms with Crippen LogP contribution in [0.2, 0.25) is 5.02 Å². The Morgan fingerprint density at radius 1 is 1.13 bits per heavy atom. The minimum Gasteiger partial charge on any atom is -0.490 e. The lowest BCUT2D eigenvalue weighted by Gasteiger charge is -2.25. The summed E-state index contributed by atoms with van der Waals surface area (Å²) in [7, 11) is 0. The third-order valence-corrected chi connectivity index (χ3v) is 8.89. The van der Waals surface area contributed by atoms with Crippen LogP contribution in [0.25, 0.3) is 11.1 Å². The van der Waals surface area contributed by atoms with Gasteiger partial charge in [0.05, 0.1) is 18.3 Å². The molecule has 3 aromatic rings. The second kappa shape index (κ2) is 14.2. The number of nitrogens with one attached hydrogen (secondary N) is 2. The van der Waals surface area contributed by atoms with Crippen LogP contribution in [-0.2, 0) is 28.2 Å². The molecule has 2 fully saturated rings. The van der Waals surface area contributed by atoms with Crippen molar-refractivity contribution in [2.24, 2.45) is 5.73 Å². The second-order valence-electron chi connectivity index (χ2n) is 12.3. The van der Waals surface area contributed by atoms with Crippen LogP contribution in [0, 0.1) is 6.92 Å². The van der Waals surface area contributed by atoms with Crippen molar-refractivity contribution in [2.45, 2.75) is 95.6 Å². The number of hydrogen-bond acceptors (Lipinski definition) is 6. The van der Waals surface area contributed by atoms with Gasteiger partial charge in [0, 0.05) is 35.1 Å². The molecule has 0 saturated heterocycles. The number of para-hydroxylation sites is 1. The topological polar surface area (TPSA) is 136 Å². The Bertz CT molecular complexity index is 1520. The van der Waals surface area contributed by atoms with Crippen molar-refractivity contribution < 1.29 is 24.2 Å². The Morgan fingerprint density at radius 3 is 2.62 bits per heavy atom. The number of unbranched alkanes of at least 4 members (excludes halogenated alkanes) is 1. The van der Waals surface area contributed by atoms with Crippen molar-refractivity contribution in [3.8, 4) is 16.9 Å². The minimum atomic E-state index is -1.77. The van der Waals surface area contributed by atoms with Crippen LogP contribution >= 0.6 is 11.6 Å². The van der Waals surface area contributed by atoms with E-state index in [4.69, 9.17) is 26.8 Å². The molecule has 2 amide bonds. The van der Waals surface area contributed by atoms with E-state index in [0.717, 1.165) is 84.1 Å². The number of amides is 2. The van der Waals surface area contributed by atoms with E-state index in [1.807, 2.05) is 43.6 Å². The van der Waals surface area contributed by atoms with Crippen LogP contribution < -0.4 is 21.1 Å². The molecule has 1 atom stereocenters. The molecule has 0 spiro atoms. The van der Waals surface area contributed by atoms with Crippen molar-refractivity contribution in [3.05, 3.63) is 82.1 Å². The predicted octanol–water partition coefficient (Wildman–Crippen LogP) is 6.62. The van der Waals surface area contributed by atoms with E-state index in [1.165, 1.54) is 0 Å². The molecule has 0 bridgehead atoms. The maximum atomic E-state index is 12.2. The predicted molar refractivity (Wildman–Crippen MR) is 174 cm³/mol. The van der Waals surface area contributed by atoms with Gasteiger partial charge in [-0.05, 0) is 98.7 Å². The van der Waals surface area contributed by atoms with E-state index in [2.05, 4.69) is 40.7 Å². The summed E-state index contributed by atoms with van der Waals surface area (Å²) in [6, 6.07) is 13.8. The zero-order valence-corrected chi connectivity index (χ0v) is 26.8. The zero-order valence-electron chi connectivity index (χ0n) is 26.0. The molecule has 0 radical (unpaired) electrons. The molecule has 240 valence electrons. The highest BCUT2D eigenvalue weighted by atomic mass is 35.5. The number of halogens is 1. The van der Waals surface area contributed by atoms with E-state index >= 15 is 0 Å². The molecule has 5 N–H and O–H groups in total. The van der Waals surface area contributed by atoms with Gasteiger partial charge in [-0.15, -0.1) is 0 Å². The van der Waals surface area contributed by atoms with Gasteiger partial charge in [0.2, 0.25) is 0 Å². The van der Waals surface area contributed by atoms with Gasteiger partial charge in [0.15, 0.2) is 5.66 Å². The highest BCUT2D eigenvalue weighted by molar-refractivity contribution is 6.31. The smallest absolute Gasteiger partial charge is 0.344 e. The number of pyridine rings is 1. The molecular formula is C35H43ClN4O5. The molecule has 5 rings (SSSR count). The third kappa shape index (κ3) is 8.14. The van der Waals surface area contributed by atoms with E-state index in [1.54, 1.807) is 0 Å². The monoisotopic (exact) mass is 634 g/mol. The first-order valence-electron chi connectivity index (χ1n) is 15.8. The van der Waals surface area contributed by atoms with Crippen LogP contribution in [0.15, 0.2) is 54.9 Å². The molecule has 1 heterocycles. The number of aryl methyl sites for hydroxylation is 2. The number of rotatable bonds is 16. The van der Waals surface area contributed by atoms with Crippen molar-refractivity contribution in [1.82, 2.24) is 15.6 Å². The lowest BCUT2D eigenvalue weighted by molar-refractivity contribution is -0.144. The van der Waals surface area contributed by atoms with Gasteiger partial charge in [0.25, 0.3) is 0 Å². The first-order valence-corrected chi connectivity index (χ1v) is 16.2. The van der Waals surface area contributed by atoms with Crippen molar-refractivity contribution in [3.63, 3.8) is 0 Å². The first kappa shape index (κ1) is 32.7. The van der Waals surface area contributed by atoms with Crippen molar-refractivity contribution in [2.75, 3.05) is 6.54 Å². The number of nitrogens with two attached hydrogens (primary N) is 1. The Kier molecular flexibility index (Phi) is 10.3. The van der Waals surface area contributed by atoms with E-state index in [9.17, 15) is 14.7 Å². The number of carboxylic acid groups (broad SMARTS) is 1. The zero-order chi connectivity index (χ0) is 32.0. The normalized spacial score (nSPS) is 16.4. The van der Waals surface area contributed by atoms with Crippen molar-refractivity contribution in [1.29, 1.82) is 0 Å². The molecular weight excluding hydrogens is 592 g/mol. The lowest BCUT2D eigenvalue weighted by Crippen LogP contribution is -2.63. The van der Waals surface area contributed by atoms with Crippen molar-refractivity contribution >= 4 is 23.6 Å². The molecule has 2 aliphatic rings. The van der Waals surface area contributed by atoms with Crippen LogP contribution in [0.4, 0.5) is 4.79 Å². The largest absolute Gasteiger partial charge is 0.490 e. The number of aliphatic carboxylic acids is 1. The maximum Gasteiger partial charge on any atom is 0.344 e. The van der Waals surface area contributed by atoms with Gasteiger partial charge in [0.1, 0.15) is 5.75 Å². The summed E-state index contributed by atoms with van der Waals surface area (Å²) in [5, 5.41) is 15.1. The fourth-order valence-corrected chi connectivity index (χ4v) is 5.88. The average molecular weight is 635 g/mol. The molecule has 2 aromatic carbocycles. The highest BCUT2D eigenvalue weighted by Gasteiger charge is 2.48. The Morgan fingerprint density at radius 2 is 1.91 bits per heavy atom. The molecule has 1 unspecified atom stereocenters. The fraction of sp³-hybridized carbons (Fsp3) is 0.457. The first-order chi connectivity index (χ1) is 21.6. The number of carbonyl (C=O) groups excluding carboxylic acids is 1. The number of carboxylic acids is 1. The number of hydrogen-bond donors (Lipinski definition) is 4. The number of carbonyl (C=O) groups is 2. The van der Waals surface area contributed by atoms with E-state index in [-0.39, 0.29) is 6.42 Å².